The molecular formula is C21H23BrCl2N2O4. The second-order valence-electron chi connectivity index (χ2n) is 7.56. The first-order valence-corrected chi connectivity index (χ1v) is 10.7. The maximum atomic E-state index is 12.1. The Bertz CT molecular complexity index is 932. The molecule has 1 unspecified atom stereocenters. The third-order valence-corrected chi connectivity index (χ3v) is 5.20. The molecule has 2 amide bonds. The summed E-state index contributed by atoms with van der Waals surface area (Å²) in [5, 5.41) is 0.735. The number of benzene rings is 2. The third-order valence-electron chi connectivity index (χ3n) is 4.05. The topological polar surface area (TPSA) is 76.7 Å². The minimum Gasteiger partial charge on any atom is -0.483 e. The molecule has 0 fully saturated rings. The number of carbonyl (C=O) groups is 2. The Balaban J connectivity index is 1.82. The number of carbonyl (C=O) groups excluding carboxylic acids is 2. The Labute approximate surface area is 194 Å². The van der Waals surface area contributed by atoms with Crippen molar-refractivity contribution >= 4 is 50.9 Å². The molecule has 0 saturated carbocycles. The summed E-state index contributed by atoms with van der Waals surface area (Å²) in [6.45, 7) is 7.58. The van der Waals surface area contributed by atoms with E-state index < -0.39 is 17.9 Å². The molecule has 2 aromatic carbocycles. The molecule has 0 heterocycles. The second-order valence-corrected chi connectivity index (χ2v) is 9.25. The van der Waals surface area contributed by atoms with Gasteiger partial charge in [-0.15, -0.1) is 0 Å². The largest absolute Gasteiger partial charge is 0.483 e. The van der Waals surface area contributed by atoms with Crippen molar-refractivity contribution in [2.24, 2.45) is 0 Å². The monoisotopic (exact) mass is 516 g/mol. The van der Waals surface area contributed by atoms with E-state index in [1.54, 1.807) is 18.2 Å². The van der Waals surface area contributed by atoms with Crippen molar-refractivity contribution < 1.29 is 19.1 Å². The van der Waals surface area contributed by atoms with Crippen molar-refractivity contribution in [3.05, 3.63) is 56.5 Å². The van der Waals surface area contributed by atoms with Gasteiger partial charge in [-0.25, -0.2) is 0 Å². The highest BCUT2D eigenvalue weighted by atomic mass is 79.9. The van der Waals surface area contributed by atoms with Crippen LogP contribution >= 0.6 is 39.1 Å². The van der Waals surface area contributed by atoms with E-state index in [4.69, 9.17) is 32.7 Å². The molecule has 1 atom stereocenters. The van der Waals surface area contributed by atoms with Crippen LogP contribution < -0.4 is 20.3 Å². The number of amides is 2. The van der Waals surface area contributed by atoms with Crippen LogP contribution in [0.4, 0.5) is 0 Å². The number of hydrazine groups is 1. The number of hydrogen-bond acceptors (Lipinski definition) is 4. The lowest BCUT2D eigenvalue weighted by Gasteiger charge is -2.20. The molecule has 0 saturated heterocycles. The zero-order chi connectivity index (χ0) is 22.5. The van der Waals surface area contributed by atoms with Crippen molar-refractivity contribution in [3.63, 3.8) is 0 Å². The molecule has 9 heteroatoms. The van der Waals surface area contributed by atoms with Gasteiger partial charge in [0.2, 0.25) is 0 Å². The van der Waals surface area contributed by atoms with Gasteiger partial charge in [-0.3, -0.25) is 20.4 Å². The van der Waals surface area contributed by atoms with E-state index in [1.807, 2.05) is 12.1 Å². The first kappa shape index (κ1) is 24.3. The lowest BCUT2D eigenvalue weighted by molar-refractivity contribution is -0.133. The minimum atomic E-state index is -0.899. The summed E-state index contributed by atoms with van der Waals surface area (Å²) in [4.78, 5) is 24.1. The van der Waals surface area contributed by atoms with Crippen LogP contribution in [0.15, 0.2) is 40.9 Å². The smallest absolute Gasteiger partial charge is 0.279 e. The highest BCUT2D eigenvalue weighted by Gasteiger charge is 2.18. The highest BCUT2D eigenvalue weighted by Crippen LogP contribution is 2.31. The Morgan fingerprint density at radius 2 is 1.73 bits per heavy atom. The van der Waals surface area contributed by atoms with Crippen molar-refractivity contribution in [1.29, 1.82) is 0 Å². The van der Waals surface area contributed by atoms with Gasteiger partial charge in [0.1, 0.15) is 11.5 Å². The quantitative estimate of drug-likeness (QED) is 0.526. The van der Waals surface area contributed by atoms with Crippen LogP contribution in [0.5, 0.6) is 11.5 Å². The molecular weight excluding hydrogens is 495 g/mol. The predicted molar refractivity (Wildman–Crippen MR) is 121 cm³/mol. The molecule has 0 aliphatic carbocycles. The summed E-state index contributed by atoms with van der Waals surface area (Å²) in [5.74, 6) is -0.238. The molecule has 6 nitrogen and oxygen atoms in total. The summed E-state index contributed by atoms with van der Waals surface area (Å²) in [6, 6.07) is 10.4. The van der Waals surface area contributed by atoms with Gasteiger partial charge in [0.25, 0.3) is 11.8 Å². The van der Waals surface area contributed by atoms with E-state index in [2.05, 4.69) is 47.6 Å². The summed E-state index contributed by atoms with van der Waals surface area (Å²) in [7, 11) is 0. The second kappa shape index (κ2) is 10.4. The van der Waals surface area contributed by atoms with Gasteiger partial charge in [-0.1, -0.05) is 50.0 Å². The first-order valence-electron chi connectivity index (χ1n) is 9.10. The molecule has 162 valence electrons. The summed E-state index contributed by atoms with van der Waals surface area (Å²) >= 11 is 15.3. The molecule has 2 N–H and O–H groups in total. The average Bonchev–Trinajstić information content (AvgIpc) is 2.66. The molecule has 0 radical (unpaired) electrons. The fraction of sp³-hybridized carbons (Fsp3) is 0.333. The fourth-order valence-electron chi connectivity index (χ4n) is 2.31. The maximum absolute atomic E-state index is 12.1. The van der Waals surface area contributed by atoms with Crippen LogP contribution in [-0.4, -0.2) is 24.5 Å². The lowest BCUT2D eigenvalue weighted by Crippen LogP contribution is -2.48. The lowest BCUT2D eigenvalue weighted by atomic mass is 9.87. The Morgan fingerprint density at radius 1 is 1.07 bits per heavy atom. The van der Waals surface area contributed by atoms with Crippen LogP contribution in [0.1, 0.15) is 33.3 Å². The van der Waals surface area contributed by atoms with E-state index in [0.717, 1.165) is 10.0 Å². The molecule has 0 aliphatic heterocycles. The first-order chi connectivity index (χ1) is 14.0. The molecule has 0 aromatic heterocycles. The van der Waals surface area contributed by atoms with Gasteiger partial charge in [-0.05, 0) is 64.2 Å². The normalized spacial score (nSPS) is 12.1. The molecule has 0 spiro atoms. The highest BCUT2D eigenvalue weighted by molar-refractivity contribution is 9.10. The zero-order valence-electron chi connectivity index (χ0n) is 17.0. The molecule has 30 heavy (non-hydrogen) atoms. The van der Waals surface area contributed by atoms with Crippen molar-refractivity contribution in [2.45, 2.75) is 39.2 Å². The van der Waals surface area contributed by atoms with Gasteiger partial charge < -0.3 is 9.47 Å². The van der Waals surface area contributed by atoms with E-state index in [9.17, 15) is 9.59 Å². The number of rotatable bonds is 6. The third kappa shape index (κ3) is 7.07. The maximum Gasteiger partial charge on any atom is 0.279 e. The Hall–Kier alpha value is -1.96. The van der Waals surface area contributed by atoms with Gasteiger partial charge in [0.15, 0.2) is 12.7 Å². The predicted octanol–water partition coefficient (Wildman–Crippen LogP) is 5.05. The van der Waals surface area contributed by atoms with Gasteiger partial charge >= 0.3 is 0 Å². The summed E-state index contributed by atoms with van der Waals surface area (Å²) < 4.78 is 11.7. The van der Waals surface area contributed by atoms with Gasteiger partial charge in [0.05, 0.1) is 9.50 Å². The number of ether oxygens (including phenoxy) is 2. The number of nitrogens with one attached hydrogen (secondary N) is 2. The summed E-state index contributed by atoms with van der Waals surface area (Å²) in [6.07, 6.45) is -0.899. The number of hydrogen-bond donors (Lipinski definition) is 2. The molecule has 2 rings (SSSR count). The molecule has 0 bridgehead atoms. The van der Waals surface area contributed by atoms with E-state index in [0.29, 0.717) is 16.5 Å². The van der Waals surface area contributed by atoms with Gasteiger partial charge in [0, 0.05) is 5.02 Å². The van der Waals surface area contributed by atoms with Gasteiger partial charge in [-0.2, -0.15) is 0 Å². The average molecular weight is 518 g/mol. The fourth-order valence-corrected chi connectivity index (χ4v) is 3.26. The van der Waals surface area contributed by atoms with Crippen LogP contribution in [-0.2, 0) is 15.0 Å². The van der Waals surface area contributed by atoms with Crippen LogP contribution in [0.3, 0.4) is 0 Å². The minimum absolute atomic E-state index is 0.00227. The Morgan fingerprint density at radius 3 is 2.33 bits per heavy atom. The molecule has 0 aliphatic rings. The van der Waals surface area contributed by atoms with E-state index in [1.165, 1.54) is 13.0 Å². The van der Waals surface area contributed by atoms with Crippen LogP contribution in [0, 0.1) is 0 Å². The molecule has 2 aromatic rings. The van der Waals surface area contributed by atoms with Crippen LogP contribution in [0.25, 0.3) is 0 Å². The van der Waals surface area contributed by atoms with Crippen molar-refractivity contribution in [3.8, 4) is 11.5 Å². The number of halogens is 3. The standard InChI is InChI=1S/C21H23BrCl2N2O4/c1-12(30-18-8-6-14(23)10-16(18)24)20(28)26-25-19(27)11-29-17-7-5-13(9-15(17)22)21(2,3)4/h5-10,12H,11H2,1-4H3,(H,25,27)(H,26,28). The van der Waals surface area contributed by atoms with Crippen molar-refractivity contribution in [1.82, 2.24) is 10.9 Å². The van der Waals surface area contributed by atoms with Crippen LogP contribution in [0.2, 0.25) is 10.0 Å². The zero-order valence-corrected chi connectivity index (χ0v) is 20.1. The summed E-state index contributed by atoms with van der Waals surface area (Å²) in [5.41, 5.74) is 5.70. The van der Waals surface area contributed by atoms with Crippen molar-refractivity contribution in [2.75, 3.05) is 6.61 Å². The van der Waals surface area contributed by atoms with E-state index in [-0.39, 0.29) is 17.0 Å². The SMILES string of the molecule is CC(Oc1ccc(Cl)cc1Cl)C(=O)NNC(=O)COc1ccc(C(C)(C)C)cc1Br. The Kier molecular flexibility index (Phi) is 8.41. The van der Waals surface area contributed by atoms with E-state index >= 15 is 0 Å².